The summed E-state index contributed by atoms with van der Waals surface area (Å²) < 4.78 is 1.47. The molecule has 0 aliphatic heterocycles. The van der Waals surface area contributed by atoms with Crippen molar-refractivity contribution in [2.24, 2.45) is 0 Å². The van der Waals surface area contributed by atoms with Gasteiger partial charge in [0.2, 0.25) is 0 Å². The van der Waals surface area contributed by atoms with Crippen LogP contribution in [0, 0.1) is 6.92 Å². The van der Waals surface area contributed by atoms with Crippen molar-refractivity contribution in [1.82, 2.24) is 19.6 Å². The number of rotatable bonds is 1. The third-order valence-electron chi connectivity index (χ3n) is 1.69. The van der Waals surface area contributed by atoms with E-state index >= 15 is 0 Å². The normalized spacial score (nSPS) is 10.7. The van der Waals surface area contributed by atoms with Crippen molar-refractivity contribution >= 4 is 11.6 Å². The van der Waals surface area contributed by atoms with Gasteiger partial charge in [-0.05, 0) is 6.92 Å². The molecular formula is C7H9N5O. The molecule has 0 fully saturated rings. The van der Waals surface area contributed by atoms with Gasteiger partial charge < -0.3 is 0 Å². The number of hydrogen-bond donors (Lipinski definition) is 1. The SMILES string of the molecule is Cc1cc(N(C)O)n2ncnc2n1. The minimum absolute atomic E-state index is 0.482. The second-order valence-corrected chi connectivity index (χ2v) is 2.75. The molecule has 0 aliphatic carbocycles. The van der Waals surface area contributed by atoms with Gasteiger partial charge >= 0.3 is 0 Å². The van der Waals surface area contributed by atoms with Crippen molar-refractivity contribution < 1.29 is 5.21 Å². The number of aryl methyl sites for hydroxylation is 1. The van der Waals surface area contributed by atoms with Gasteiger partial charge in [0.1, 0.15) is 6.33 Å². The zero-order valence-electron chi connectivity index (χ0n) is 7.34. The van der Waals surface area contributed by atoms with Crippen molar-refractivity contribution in [3.63, 3.8) is 0 Å². The molecule has 0 spiro atoms. The molecule has 0 aliphatic rings. The molecule has 0 radical (unpaired) electrons. The number of nitrogens with zero attached hydrogens (tertiary/aromatic N) is 5. The molecule has 0 amide bonds. The highest BCUT2D eigenvalue weighted by Gasteiger charge is 2.07. The molecule has 6 heteroatoms. The molecule has 13 heavy (non-hydrogen) atoms. The minimum Gasteiger partial charge on any atom is -0.287 e. The van der Waals surface area contributed by atoms with Crippen molar-refractivity contribution in [3.05, 3.63) is 18.1 Å². The highest BCUT2D eigenvalue weighted by atomic mass is 16.5. The van der Waals surface area contributed by atoms with E-state index in [1.807, 2.05) is 6.92 Å². The van der Waals surface area contributed by atoms with Crippen LogP contribution in [0.3, 0.4) is 0 Å². The van der Waals surface area contributed by atoms with Crippen LogP contribution in [0.2, 0.25) is 0 Å². The lowest BCUT2D eigenvalue weighted by atomic mass is 10.4. The first-order valence-corrected chi connectivity index (χ1v) is 3.78. The van der Waals surface area contributed by atoms with Crippen LogP contribution < -0.4 is 5.06 Å². The van der Waals surface area contributed by atoms with Crippen LogP contribution in [-0.2, 0) is 0 Å². The highest BCUT2D eigenvalue weighted by molar-refractivity contribution is 5.44. The van der Waals surface area contributed by atoms with Crippen LogP contribution in [0.25, 0.3) is 5.78 Å². The van der Waals surface area contributed by atoms with E-state index in [1.165, 1.54) is 17.9 Å². The predicted molar refractivity (Wildman–Crippen MR) is 45.7 cm³/mol. The lowest BCUT2D eigenvalue weighted by Gasteiger charge is -2.11. The first-order valence-electron chi connectivity index (χ1n) is 3.78. The summed E-state index contributed by atoms with van der Waals surface area (Å²) in [6.07, 6.45) is 1.40. The summed E-state index contributed by atoms with van der Waals surface area (Å²) >= 11 is 0. The van der Waals surface area contributed by atoms with Gasteiger partial charge in [-0.1, -0.05) is 0 Å². The Morgan fingerprint density at radius 2 is 2.31 bits per heavy atom. The zero-order valence-corrected chi connectivity index (χ0v) is 7.34. The fourth-order valence-corrected chi connectivity index (χ4v) is 1.14. The fraction of sp³-hybridized carbons (Fsp3) is 0.286. The number of hydrogen-bond acceptors (Lipinski definition) is 5. The molecule has 6 nitrogen and oxygen atoms in total. The third-order valence-corrected chi connectivity index (χ3v) is 1.69. The van der Waals surface area contributed by atoms with Crippen LogP contribution in [0.5, 0.6) is 0 Å². The van der Waals surface area contributed by atoms with Crippen molar-refractivity contribution in [2.45, 2.75) is 6.92 Å². The summed E-state index contributed by atoms with van der Waals surface area (Å²) in [4.78, 5) is 8.06. The van der Waals surface area contributed by atoms with Crippen molar-refractivity contribution in [3.8, 4) is 0 Å². The Balaban J connectivity index is 2.77. The van der Waals surface area contributed by atoms with Gasteiger partial charge in [-0.3, -0.25) is 5.21 Å². The van der Waals surface area contributed by atoms with E-state index in [0.717, 1.165) is 10.8 Å². The van der Waals surface area contributed by atoms with E-state index in [2.05, 4.69) is 15.1 Å². The zero-order chi connectivity index (χ0) is 9.42. The number of aromatic nitrogens is 4. The molecular weight excluding hydrogens is 170 g/mol. The molecule has 2 rings (SSSR count). The molecule has 2 heterocycles. The number of fused-ring (bicyclic) bond motifs is 1. The van der Waals surface area contributed by atoms with Crippen LogP contribution in [-0.4, -0.2) is 31.8 Å². The molecule has 0 unspecified atom stereocenters. The summed E-state index contributed by atoms with van der Waals surface area (Å²) in [6, 6.07) is 1.72. The molecule has 0 saturated carbocycles. The average Bonchev–Trinajstić information content (AvgIpc) is 2.49. The lowest BCUT2D eigenvalue weighted by Crippen LogP contribution is -2.15. The van der Waals surface area contributed by atoms with E-state index in [9.17, 15) is 5.21 Å². The highest BCUT2D eigenvalue weighted by Crippen LogP contribution is 2.11. The smallest absolute Gasteiger partial charge is 0.254 e. The fourth-order valence-electron chi connectivity index (χ4n) is 1.14. The van der Waals surface area contributed by atoms with Crippen molar-refractivity contribution in [1.29, 1.82) is 0 Å². The Kier molecular flexibility index (Phi) is 1.63. The van der Waals surface area contributed by atoms with Crippen LogP contribution in [0.1, 0.15) is 5.69 Å². The van der Waals surface area contributed by atoms with Crippen LogP contribution in [0.4, 0.5) is 5.82 Å². The Labute approximate surface area is 74.4 Å². The topological polar surface area (TPSA) is 66.5 Å². The Morgan fingerprint density at radius 3 is 3.00 bits per heavy atom. The van der Waals surface area contributed by atoms with E-state index in [1.54, 1.807) is 6.07 Å². The lowest BCUT2D eigenvalue weighted by molar-refractivity contribution is 0.274. The summed E-state index contributed by atoms with van der Waals surface area (Å²) in [5.74, 6) is 1.02. The van der Waals surface area contributed by atoms with Gasteiger partial charge in [0, 0.05) is 18.8 Å². The number of anilines is 1. The third kappa shape index (κ3) is 1.20. The van der Waals surface area contributed by atoms with E-state index in [-0.39, 0.29) is 0 Å². The summed E-state index contributed by atoms with van der Waals surface area (Å²) in [6.45, 7) is 1.84. The van der Waals surface area contributed by atoms with Crippen molar-refractivity contribution in [2.75, 3.05) is 12.1 Å². The van der Waals surface area contributed by atoms with Gasteiger partial charge in [0.05, 0.1) is 0 Å². The first-order chi connectivity index (χ1) is 6.18. The van der Waals surface area contributed by atoms with Gasteiger partial charge in [-0.15, -0.1) is 0 Å². The molecule has 0 atom stereocenters. The van der Waals surface area contributed by atoms with E-state index in [0.29, 0.717) is 11.6 Å². The standard InChI is InChI=1S/C7H9N5O/c1-5-3-6(11(2)13)12-7(10-5)8-4-9-12/h3-4,13H,1-2H3. The van der Waals surface area contributed by atoms with Gasteiger partial charge in [0.15, 0.2) is 5.82 Å². The monoisotopic (exact) mass is 179 g/mol. The largest absolute Gasteiger partial charge is 0.287 e. The van der Waals surface area contributed by atoms with Gasteiger partial charge in [0.25, 0.3) is 5.78 Å². The maximum Gasteiger partial charge on any atom is 0.254 e. The second kappa shape index (κ2) is 2.67. The molecule has 0 bridgehead atoms. The van der Waals surface area contributed by atoms with Gasteiger partial charge in [-0.25, -0.2) is 10.0 Å². The minimum atomic E-state index is 0.482. The Morgan fingerprint density at radius 1 is 1.54 bits per heavy atom. The maximum absolute atomic E-state index is 9.28. The van der Waals surface area contributed by atoms with Crippen LogP contribution in [0.15, 0.2) is 12.4 Å². The summed E-state index contributed by atoms with van der Waals surface area (Å²) in [5, 5.41) is 14.2. The summed E-state index contributed by atoms with van der Waals surface area (Å²) in [7, 11) is 1.52. The Bertz CT molecular complexity index is 435. The second-order valence-electron chi connectivity index (χ2n) is 2.75. The quantitative estimate of drug-likeness (QED) is 0.636. The molecule has 1 N–H and O–H groups in total. The number of hydroxylamine groups is 1. The Hall–Kier alpha value is -1.69. The molecule has 0 aromatic carbocycles. The first kappa shape index (κ1) is 7.93. The molecule has 2 aromatic rings. The molecule has 68 valence electrons. The maximum atomic E-state index is 9.28. The average molecular weight is 179 g/mol. The molecule has 2 aromatic heterocycles. The van der Waals surface area contributed by atoms with E-state index in [4.69, 9.17) is 0 Å². The molecule has 0 saturated heterocycles. The predicted octanol–water partition coefficient (Wildman–Crippen LogP) is 0.258. The van der Waals surface area contributed by atoms with E-state index < -0.39 is 0 Å². The van der Waals surface area contributed by atoms with Gasteiger partial charge in [-0.2, -0.15) is 14.6 Å². The van der Waals surface area contributed by atoms with Crippen LogP contribution >= 0.6 is 0 Å². The summed E-state index contributed by atoms with van der Waals surface area (Å²) in [5.41, 5.74) is 0.788.